The first-order valence-electron chi connectivity index (χ1n) is 7.84. The predicted octanol–water partition coefficient (Wildman–Crippen LogP) is 1.87. The molecule has 7 nitrogen and oxygen atoms in total. The van der Waals surface area contributed by atoms with Gasteiger partial charge in [0.1, 0.15) is 5.75 Å². The Bertz CT molecular complexity index is 800. The topological polar surface area (TPSA) is 84.9 Å². The number of benzene rings is 2. The van der Waals surface area contributed by atoms with E-state index in [2.05, 4.69) is 5.32 Å². The van der Waals surface area contributed by atoms with Crippen LogP contribution in [0.3, 0.4) is 0 Å². The predicted molar refractivity (Wildman–Crippen MR) is 96.5 cm³/mol. The molecule has 26 heavy (non-hydrogen) atoms. The third-order valence-electron chi connectivity index (χ3n) is 3.56. The number of nitrogens with zero attached hydrogens (tertiary/aromatic N) is 1. The second kappa shape index (κ2) is 8.66. The highest BCUT2D eigenvalue weighted by molar-refractivity contribution is 6.07. The van der Waals surface area contributed by atoms with Crippen LogP contribution in [-0.4, -0.2) is 45.6 Å². The minimum absolute atomic E-state index is 0.217. The molecule has 0 saturated carbocycles. The van der Waals surface area contributed by atoms with Gasteiger partial charge in [0.25, 0.3) is 11.8 Å². The number of amides is 2. The molecule has 0 radical (unpaired) electrons. The molecule has 7 heteroatoms. The Balaban J connectivity index is 1.89. The van der Waals surface area contributed by atoms with Gasteiger partial charge in [-0.3, -0.25) is 14.9 Å². The Labute approximate surface area is 151 Å². The molecule has 0 saturated heterocycles. The largest absolute Gasteiger partial charge is 0.496 e. The van der Waals surface area contributed by atoms with Gasteiger partial charge < -0.3 is 14.4 Å². The van der Waals surface area contributed by atoms with E-state index in [1.807, 2.05) is 19.0 Å². The molecule has 0 spiro atoms. The molecule has 0 aliphatic heterocycles. The van der Waals surface area contributed by atoms with E-state index in [1.54, 1.807) is 42.5 Å². The van der Waals surface area contributed by atoms with E-state index in [1.165, 1.54) is 13.2 Å². The van der Waals surface area contributed by atoms with E-state index < -0.39 is 24.4 Å². The van der Waals surface area contributed by atoms with Gasteiger partial charge >= 0.3 is 5.97 Å². The number of carbonyl (C=O) groups excluding carboxylic acids is 3. The highest BCUT2D eigenvalue weighted by Gasteiger charge is 2.16. The third-order valence-corrected chi connectivity index (χ3v) is 3.56. The fraction of sp³-hybridized carbons (Fsp3) is 0.211. The van der Waals surface area contributed by atoms with Crippen LogP contribution in [0, 0.1) is 0 Å². The number of rotatable bonds is 6. The maximum atomic E-state index is 12.1. The number of imide groups is 1. The number of methoxy groups -OCH3 is 1. The molecule has 0 unspecified atom stereocenters. The van der Waals surface area contributed by atoms with E-state index in [0.717, 1.165) is 5.69 Å². The van der Waals surface area contributed by atoms with Crippen molar-refractivity contribution in [3.05, 3.63) is 59.7 Å². The average molecular weight is 356 g/mol. The summed E-state index contributed by atoms with van der Waals surface area (Å²) in [6.45, 7) is -0.560. The zero-order chi connectivity index (χ0) is 19.1. The lowest BCUT2D eigenvalue weighted by Gasteiger charge is -2.12. The highest BCUT2D eigenvalue weighted by Crippen LogP contribution is 2.17. The summed E-state index contributed by atoms with van der Waals surface area (Å²) in [6, 6.07) is 13.2. The average Bonchev–Trinajstić information content (AvgIpc) is 2.66. The zero-order valence-electron chi connectivity index (χ0n) is 14.8. The van der Waals surface area contributed by atoms with Crippen molar-refractivity contribution >= 4 is 23.5 Å². The van der Waals surface area contributed by atoms with Gasteiger partial charge in [-0.05, 0) is 36.4 Å². The van der Waals surface area contributed by atoms with E-state index in [-0.39, 0.29) is 5.56 Å². The van der Waals surface area contributed by atoms with Gasteiger partial charge in [-0.25, -0.2) is 4.79 Å². The summed E-state index contributed by atoms with van der Waals surface area (Å²) < 4.78 is 10.0. The molecular weight excluding hydrogens is 336 g/mol. The number of anilines is 1. The Hall–Kier alpha value is -3.35. The molecule has 2 amide bonds. The fourth-order valence-electron chi connectivity index (χ4n) is 2.17. The monoisotopic (exact) mass is 356 g/mol. The first kappa shape index (κ1) is 19.0. The number of ether oxygens (including phenoxy) is 2. The molecule has 0 aliphatic carbocycles. The van der Waals surface area contributed by atoms with Crippen molar-refractivity contribution in [2.24, 2.45) is 0 Å². The molecule has 2 rings (SSSR count). The summed E-state index contributed by atoms with van der Waals surface area (Å²) in [5, 5.41) is 2.16. The van der Waals surface area contributed by atoms with Crippen molar-refractivity contribution < 1.29 is 23.9 Å². The van der Waals surface area contributed by atoms with Gasteiger partial charge in [-0.2, -0.15) is 0 Å². The first-order chi connectivity index (χ1) is 12.4. The fourth-order valence-corrected chi connectivity index (χ4v) is 2.17. The van der Waals surface area contributed by atoms with Crippen molar-refractivity contribution in [3.8, 4) is 5.75 Å². The molecule has 0 heterocycles. The van der Waals surface area contributed by atoms with Gasteiger partial charge in [0.2, 0.25) is 0 Å². The Morgan fingerprint density at radius 2 is 1.65 bits per heavy atom. The second-order valence-corrected chi connectivity index (χ2v) is 5.60. The van der Waals surface area contributed by atoms with Gasteiger partial charge in [0, 0.05) is 19.8 Å². The minimum Gasteiger partial charge on any atom is -0.496 e. The van der Waals surface area contributed by atoms with Crippen LogP contribution in [0.1, 0.15) is 20.7 Å². The Morgan fingerprint density at radius 1 is 1.00 bits per heavy atom. The molecule has 2 aromatic carbocycles. The summed E-state index contributed by atoms with van der Waals surface area (Å²) in [5.41, 5.74) is 1.47. The van der Waals surface area contributed by atoms with Crippen LogP contribution in [-0.2, 0) is 9.53 Å². The third kappa shape index (κ3) is 4.83. The number of hydrogen-bond donors (Lipinski definition) is 1. The highest BCUT2D eigenvalue weighted by atomic mass is 16.5. The summed E-state index contributed by atoms with van der Waals surface area (Å²) in [4.78, 5) is 37.8. The minimum atomic E-state index is -0.723. The van der Waals surface area contributed by atoms with Crippen molar-refractivity contribution in [2.75, 3.05) is 32.7 Å². The van der Waals surface area contributed by atoms with E-state index in [9.17, 15) is 14.4 Å². The van der Waals surface area contributed by atoms with Gasteiger partial charge in [-0.1, -0.05) is 12.1 Å². The van der Waals surface area contributed by atoms with Crippen molar-refractivity contribution in [1.29, 1.82) is 0 Å². The Morgan fingerprint density at radius 3 is 2.27 bits per heavy atom. The number of para-hydroxylation sites is 1. The zero-order valence-corrected chi connectivity index (χ0v) is 14.8. The van der Waals surface area contributed by atoms with Crippen molar-refractivity contribution in [2.45, 2.75) is 0 Å². The van der Waals surface area contributed by atoms with Gasteiger partial charge in [0.15, 0.2) is 6.61 Å². The molecule has 136 valence electrons. The molecule has 0 fully saturated rings. The van der Waals surface area contributed by atoms with E-state index >= 15 is 0 Å². The van der Waals surface area contributed by atoms with Crippen LogP contribution in [0.15, 0.2) is 48.5 Å². The van der Waals surface area contributed by atoms with Crippen LogP contribution in [0.2, 0.25) is 0 Å². The molecule has 0 aromatic heterocycles. The van der Waals surface area contributed by atoms with Crippen LogP contribution in [0.5, 0.6) is 5.75 Å². The van der Waals surface area contributed by atoms with Gasteiger partial charge in [-0.15, -0.1) is 0 Å². The van der Waals surface area contributed by atoms with Gasteiger partial charge in [0.05, 0.1) is 18.2 Å². The summed E-state index contributed by atoms with van der Waals surface area (Å²) in [7, 11) is 5.20. The van der Waals surface area contributed by atoms with Crippen LogP contribution >= 0.6 is 0 Å². The number of esters is 1. The maximum Gasteiger partial charge on any atom is 0.338 e. The summed E-state index contributed by atoms with van der Waals surface area (Å²) in [6.07, 6.45) is 0. The van der Waals surface area contributed by atoms with Crippen molar-refractivity contribution in [3.63, 3.8) is 0 Å². The first-order valence-corrected chi connectivity index (χ1v) is 7.84. The normalized spacial score (nSPS) is 9.96. The lowest BCUT2D eigenvalue weighted by molar-refractivity contribution is -0.123. The molecular formula is C19H20N2O5. The molecule has 0 atom stereocenters. The second-order valence-electron chi connectivity index (χ2n) is 5.60. The lowest BCUT2D eigenvalue weighted by Crippen LogP contribution is -2.34. The maximum absolute atomic E-state index is 12.1. The number of carbonyl (C=O) groups is 3. The van der Waals surface area contributed by atoms with Crippen LogP contribution in [0.4, 0.5) is 5.69 Å². The molecule has 2 aromatic rings. The Kier molecular flexibility index (Phi) is 6.32. The number of nitrogens with one attached hydrogen (secondary N) is 1. The quantitative estimate of drug-likeness (QED) is 0.796. The summed E-state index contributed by atoms with van der Waals surface area (Å²) >= 11 is 0. The standard InChI is InChI=1S/C19H20N2O5/c1-21(2)14-10-8-13(9-11-14)19(24)26-12-17(22)20-18(23)15-6-4-5-7-16(15)25-3/h4-11H,12H2,1-3H3,(H,20,22,23). The number of hydrogen-bond acceptors (Lipinski definition) is 6. The molecule has 0 bridgehead atoms. The molecule has 1 N–H and O–H groups in total. The smallest absolute Gasteiger partial charge is 0.338 e. The summed E-state index contributed by atoms with van der Waals surface area (Å²) in [5.74, 6) is -1.65. The van der Waals surface area contributed by atoms with Crippen molar-refractivity contribution in [1.82, 2.24) is 5.32 Å². The lowest BCUT2D eigenvalue weighted by atomic mass is 10.2. The molecule has 0 aliphatic rings. The van der Waals surface area contributed by atoms with Crippen LogP contribution < -0.4 is 15.0 Å². The SMILES string of the molecule is COc1ccccc1C(=O)NC(=O)COC(=O)c1ccc(N(C)C)cc1. The van der Waals surface area contributed by atoms with E-state index in [4.69, 9.17) is 9.47 Å². The van der Waals surface area contributed by atoms with Crippen LogP contribution in [0.25, 0.3) is 0 Å². The van der Waals surface area contributed by atoms with E-state index in [0.29, 0.717) is 11.3 Å².